The normalized spacial score (nSPS) is 12.2. The molecule has 0 spiro atoms. The summed E-state index contributed by atoms with van der Waals surface area (Å²) in [6.07, 6.45) is 0.998. The standard InChI is InChI=1S/C12H17NO2/c1-4-10-5-7-11(8-6-10)13(3)9(2)12(14)15/h5-9H,4H2,1-3H3,(H,14,15)/t9-/m0/s1. The Morgan fingerprint density at radius 1 is 1.40 bits per heavy atom. The SMILES string of the molecule is CCc1ccc(N(C)[C@@H](C)C(=O)O)cc1. The van der Waals surface area contributed by atoms with Gasteiger partial charge < -0.3 is 10.0 Å². The first-order valence-corrected chi connectivity index (χ1v) is 5.10. The number of nitrogens with zero attached hydrogens (tertiary/aromatic N) is 1. The van der Waals surface area contributed by atoms with Gasteiger partial charge >= 0.3 is 5.97 Å². The lowest BCUT2D eigenvalue weighted by molar-refractivity contribution is -0.138. The van der Waals surface area contributed by atoms with Crippen molar-refractivity contribution in [2.75, 3.05) is 11.9 Å². The molecule has 3 nitrogen and oxygen atoms in total. The summed E-state index contributed by atoms with van der Waals surface area (Å²) < 4.78 is 0. The number of anilines is 1. The molecule has 0 bridgehead atoms. The summed E-state index contributed by atoms with van der Waals surface area (Å²) in [4.78, 5) is 12.5. The van der Waals surface area contributed by atoms with Crippen molar-refractivity contribution in [3.05, 3.63) is 29.8 Å². The van der Waals surface area contributed by atoms with Crippen LogP contribution in [0.15, 0.2) is 24.3 Å². The van der Waals surface area contributed by atoms with Gasteiger partial charge in [0, 0.05) is 12.7 Å². The number of aliphatic carboxylic acids is 1. The molecule has 0 saturated carbocycles. The molecule has 1 atom stereocenters. The average molecular weight is 207 g/mol. The number of hydrogen-bond acceptors (Lipinski definition) is 2. The summed E-state index contributed by atoms with van der Waals surface area (Å²) in [6.45, 7) is 3.77. The molecule has 3 heteroatoms. The largest absolute Gasteiger partial charge is 0.480 e. The Hall–Kier alpha value is -1.51. The first-order valence-electron chi connectivity index (χ1n) is 5.10. The minimum Gasteiger partial charge on any atom is -0.480 e. The molecular weight excluding hydrogens is 190 g/mol. The molecule has 0 saturated heterocycles. The van der Waals surface area contributed by atoms with Crippen LogP contribution in [0.5, 0.6) is 0 Å². The number of hydrogen-bond donors (Lipinski definition) is 1. The van der Waals surface area contributed by atoms with Gasteiger partial charge in [-0.05, 0) is 31.0 Å². The van der Waals surface area contributed by atoms with E-state index in [-0.39, 0.29) is 0 Å². The third-order valence-corrected chi connectivity index (χ3v) is 2.69. The summed E-state index contributed by atoms with van der Waals surface area (Å²) >= 11 is 0. The van der Waals surface area contributed by atoms with Gasteiger partial charge in [0.1, 0.15) is 6.04 Å². The highest BCUT2D eigenvalue weighted by molar-refractivity contribution is 5.77. The third-order valence-electron chi connectivity index (χ3n) is 2.69. The topological polar surface area (TPSA) is 40.5 Å². The van der Waals surface area contributed by atoms with Crippen molar-refractivity contribution in [1.82, 2.24) is 0 Å². The maximum Gasteiger partial charge on any atom is 0.326 e. The molecule has 1 aromatic rings. The molecule has 0 amide bonds. The summed E-state index contributed by atoms with van der Waals surface area (Å²) in [6, 6.07) is 7.47. The molecule has 0 aromatic heterocycles. The fourth-order valence-electron chi connectivity index (χ4n) is 1.36. The van der Waals surface area contributed by atoms with E-state index in [9.17, 15) is 4.79 Å². The minimum atomic E-state index is -0.808. The van der Waals surface area contributed by atoms with Crippen LogP contribution in [0.4, 0.5) is 5.69 Å². The molecule has 0 fully saturated rings. The van der Waals surface area contributed by atoms with E-state index in [2.05, 4.69) is 6.92 Å². The number of carboxylic acid groups (broad SMARTS) is 1. The average Bonchev–Trinajstić information content (AvgIpc) is 2.27. The van der Waals surface area contributed by atoms with Crippen LogP contribution in [0.3, 0.4) is 0 Å². The minimum absolute atomic E-state index is 0.502. The number of carbonyl (C=O) groups is 1. The molecule has 0 unspecified atom stereocenters. The Morgan fingerprint density at radius 2 is 1.93 bits per heavy atom. The number of aryl methyl sites for hydroxylation is 1. The maximum atomic E-state index is 10.8. The molecule has 1 rings (SSSR count). The van der Waals surface area contributed by atoms with Crippen molar-refractivity contribution in [2.24, 2.45) is 0 Å². The Kier molecular flexibility index (Phi) is 3.72. The van der Waals surface area contributed by atoms with Gasteiger partial charge in [0.05, 0.1) is 0 Å². The van der Waals surface area contributed by atoms with E-state index >= 15 is 0 Å². The Bertz CT molecular complexity index is 332. The van der Waals surface area contributed by atoms with Crippen LogP contribution >= 0.6 is 0 Å². The summed E-state index contributed by atoms with van der Waals surface area (Å²) in [5, 5.41) is 8.87. The van der Waals surface area contributed by atoms with Crippen molar-refractivity contribution in [1.29, 1.82) is 0 Å². The first-order chi connectivity index (χ1) is 7.06. The maximum absolute atomic E-state index is 10.8. The Labute approximate surface area is 90.3 Å². The monoisotopic (exact) mass is 207 g/mol. The van der Waals surface area contributed by atoms with Gasteiger partial charge in [-0.1, -0.05) is 19.1 Å². The van der Waals surface area contributed by atoms with E-state index in [1.165, 1.54) is 5.56 Å². The van der Waals surface area contributed by atoms with E-state index in [0.29, 0.717) is 0 Å². The van der Waals surface area contributed by atoms with Crippen LogP contribution < -0.4 is 4.90 Å². The van der Waals surface area contributed by atoms with E-state index in [1.807, 2.05) is 24.3 Å². The zero-order chi connectivity index (χ0) is 11.4. The molecule has 15 heavy (non-hydrogen) atoms. The molecular formula is C12H17NO2. The van der Waals surface area contributed by atoms with Crippen molar-refractivity contribution in [3.8, 4) is 0 Å². The van der Waals surface area contributed by atoms with E-state index in [1.54, 1.807) is 18.9 Å². The number of carboxylic acids is 1. The number of rotatable bonds is 4. The van der Waals surface area contributed by atoms with E-state index < -0.39 is 12.0 Å². The summed E-state index contributed by atoms with van der Waals surface area (Å²) in [5.74, 6) is -0.808. The van der Waals surface area contributed by atoms with Gasteiger partial charge in [-0.25, -0.2) is 4.79 Å². The van der Waals surface area contributed by atoms with Gasteiger partial charge in [-0.15, -0.1) is 0 Å². The van der Waals surface area contributed by atoms with Crippen molar-refractivity contribution in [2.45, 2.75) is 26.3 Å². The van der Waals surface area contributed by atoms with Gasteiger partial charge in [0.2, 0.25) is 0 Å². The highest BCUT2D eigenvalue weighted by atomic mass is 16.4. The van der Waals surface area contributed by atoms with E-state index in [4.69, 9.17) is 5.11 Å². The van der Waals surface area contributed by atoms with Crippen LogP contribution in [-0.4, -0.2) is 24.2 Å². The molecule has 0 heterocycles. The summed E-state index contributed by atoms with van der Waals surface area (Å²) in [5.41, 5.74) is 2.19. The summed E-state index contributed by atoms with van der Waals surface area (Å²) in [7, 11) is 1.79. The van der Waals surface area contributed by atoms with Crippen LogP contribution in [-0.2, 0) is 11.2 Å². The van der Waals surface area contributed by atoms with Gasteiger partial charge in [0.15, 0.2) is 0 Å². The zero-order valence-corrected chi connectivity index (χ0v) is 9.40. The second-order valence-electron chi connectivity index (χ2n) is 3.65. The van der Waals surface area contributed by atoms with Crippen molar-refractivity contribution < 1.29 is 9.90 Å². The lowest BCUT2D eigenvalue weighted by Gasteiger charge is -2.23. The van der Waals surface area contributed by atoms with E-state index in [0.717, 1.165) is 12.1 Å². The fourth-order valence-corrected chi connectivity index (χ4v) is 1.36. The second kappa shape index (κ2) is 4.82. The fraction of sp³-hybridized carbons (Fsp3) is 0.417. The first kappa shape index (κ1) is 11.6. The zero-order valence-electron chi connectivity index (χ0n) is 9.40. The Balaban J connectivity index is 2.82. The lowest BCUT2D eigenvalue weighted by atomic mass is 10.1. The van der Waals surface area contributed by atoms with Crippen LogP contribution in [0.1, 0.15) is 19.4 Å². The van der Waals surface area contributed by atoms with Crippen molar-refractivity contribution in [3.63, 3.8) is 0 Å². The number of benzene rings is 1. The smallest absolute Gasteiger partial charge is 0.326 e. The van der Waals surface area contributed by atoms with Gasteiger partial charge in [0.25, 0.3) is 0 Å². The van der Waals surface area contributed by atoms with Crippen LogP contribution in [0.2, 0.25) is 0 Å². The quantitative estimate of drug-likeness (QED) is 0.822. The van der Waals surface area contributed by atoms with Gasteiger partial charge in [-0.2, -0.15) is 0 Å². The molecule has 82 valence electrons. The molecule has 0 aliphatic carbocycles. The predicted octanol–water partition coefficient (Wildman–Crippen LogP) is 2.16. The number of likely N-dealkylation sites (N-methyl/N-ethyl adjacent to an activating group) is 1. The molecule has 0 aliphatic rings. The third kappa shape index (κ3) is 2.72. The molecule has 1 N–H and O–H groups in total. The van der Waals surface area contributed by atoms with Crippen LogP contribution in [0.25, 0.3) is 0 Å². The molecule has 0 aliphatic heterocycles. The van der Waals surface area contributed by atoms with Crippen LogP contribution in [0, 0.1) is 0 Å². The Morgan fingerprint density at radius 3 is 2.33 bits per heavy atom. The molecule has 0 radical (unpaired) electrons. The van der Waals surface area contributed by atoms with Crippen molar-refractivity contribution >= 4 is 11.7 Å². The van der Waals surface area contributed by atoms with Gasteiger partial charge in [-0.3, -0.25) is 0 Å². The predicted molar refractivity (Wildman–Crippen MR) is 61.3 cm³/mol. The lowest BCUT2D eigenvalue weighted by Crippen LogP contribution is -2.35. The highest BCUT2D eigenvalue weighted by Gasteiger charge is 2.16. The molecule has 1 aromatic carbocycles. The highest BCUT2D eigenvalue weighted by Crippen LogP contribution is 2.16. The second-order valence-corrected chi connectivity index (χ2v) is 3.65.